The molecule has 1 aliphatic rings. The molecular formula is C20H19FO3. The number of benzene rings is 2. The molecule has 0 aliphatic heterocycles. The highest BCUT2D eigenvalue weighted by molar-refractivity contribution is 6.01. The Morgan fingerprint density at radius 3 is 2.33 bits per heavy atom. The zero-order chi connectivity index (χ0) is 17.3. The summed E-state index contributed by atoms with van der Waals surface area (Å²) in [7, 11) is 4.76. The van der Waals surface area contributed by atoms with Gasteiger partial charge < -0.3 is 14.2 Å². The molecule has 0 bridgehead atoms. The molecule has 124 valence electrons. The molecule has 0 saturated heterocycles. The lowest BCUT2D eigenvalue weighted by atomic mass is 10.00. The summed E-state index contributed by atoms with van der Waals surface area (Å²) in [5.41, 5.74) is 4.88. The van der Waals surface area contributed by atoms with Gasteiger partial charge in [0.05, 0.1) is 21.3 Å². The lowest BCUT2D eigenvalue weighted by Gasteiger charge is -2.15. The molecule has 0 saturated carbocycles. The largest absolute Gasteiger partial charge is 0.493 e. The minimum Gasteiger partial charge on any atom is -0.493 e. The van der Waals surface area contributed by atoms with Crippen LogP contribution in [0.5, 0.6) is 17.2 Å². The van der Waals surface area contributed by atoms with Crippen molar-refractivity contribution in [3.63, 3.8) is 0 Å². The van der Waals surface area contributed by atoms with Crippen LogP contribution in [0.25, 0.3) is 17.7 Å². The van der Waals surface area contributed by atoms with Crippen molar-refractivity contribution in [2.24, 2.45) is 0 Å². The van der Waals surface area contributed by atoms with Crippen LogP contribution < -0.4 is 14.2 Å². The Hall–Kier alpha value is -2.75. The van der Waals surface area contributed by atoms with Gasteiger partial charge in [-0.2, -0.15) is 0 Å². The Labute approximate surface area is 141 Å². The summed E-state index contributed by atoms with van der Waals surface area (Å²) in [5, 5.41) is 0. The van der Waals surface area contributed by atoms with Gasteiger partial charge in [0.2, 0.25) is 5.75 Å². The quantitative estimate of drug-likeness (QED) is 0.807. The van der Waals surface area contributed by atoms with Gasteiger partial charge in [0.15, 0.2) is 11.5 Å². The van der Waals surface area contributed by atoms with Crippen molar-refractivity contribution in [1.82, 2.24) is 0 Å². The SMILES string of the molecule is COc1ccc(C=C2C(C)=Cc3cc(F)ccc32)c(OC)c1OC. The zero-order valence-electron chi connectivity index (χ0n) is 14.1. The van der Waals surface area contributed by atoms with Crippen LogP contribution in [-0.4, -0.2) is 21.3 Å². The molecule has 0 unspecified atom stereocenters. The molecule has 0 aromatic heterocycles. The number of allylic oxidation sites excluding steroid dienone is 2. The Kier molecular flexibility index (Phi) is 4.30. The van der Waals surface area contributed by atoms with E-state index in [1.54, 1.807) is 33.5 Å². The second kappa shape index (κ2) is 6.40. The van der Waals surface area contributed by atoms with E-state index in [0.29, 0.717) is 17.2 Å². The molecule has 1 aliphatic carbocycles. The number of fused-ring (bicyclic) bond motifs is 1. The maximum Gasteiger partial charge on any atom is 0.203 e. The fourth-order valence-electron chi connectivity index (χ4n) is 3.01. The summed E-state index contributed by atoms with van der Waals surface area (Å²) in [5.74, 6) is 1.53. The van der Waals surface area contributed by atoms with E-state index in [0.717, 1.165) is 27.8 Å². The van der Waals surface area contributed by atoms with E-state index in [1.165, 1.54) is 6.07 Å². The van der Waals surface area contributed by atoms with Crippen molar-refractivity contribution in [2.75, 3.05) is 21.3 Å². The number of ether oxygens (including phenoxy) is 3. The van der Waals surface area contributed by atoms with Crippen LogP contribution in [0, 0.1) is 5.82 Å². The van der Waals surface area contributed by atoms with Crippen LogP contribution in [0.15, 0.2) is 35.9 Å². The standard InChI is InChI=1S/C20H19FO3/c1-12-9-14-10-15(21)6-7-16(14)17(12)11-13-5-8-18(22-2)20(24-4)19(13)23-3/h5-11H,1-4H3. The average Bonchev–Trinajstić information content (AvgIpc) is 2.88. The van der Waals surface area contributed by atoms with Gasteiger partial charge >= 0.3 is 0 Å². The Morgan fingerprint density at radius 1 is 0.917 bits per heavy atom. The lowest BCUT2D eigenvalue weighted by molar-refractivity contribution is 0.324. The molecule has 0 radical (unpaired) electrons. The first kappa shape index (κ1) is 16.1. The van der Waals surface area contributed by atoms with Crippen molar-refractivity contribution in [3.05, 3.63) is 58.4 Å². The zero-order valence-corrected chi connectivity index (χ0v) is 14.1. The maximum absolute atomic E-state index is 13.4. The second-order valence-corrected chi connectivity index (χ2v) is 5.54. The van der Waals surface area contributed by atoms with Crippen LogP contribution in [0.2, 0.25) is 0 Å². The third-order valence-corrected chi connectivity index (χ3v) is 4.14. The van der Waals surface area contributed by atoms with Gasteiger partial charge in [0.25, 0.3) is 0 Å². The highest BCUT2D eigenvalue weighted by Gasteiger charge is 2.19. The van der Waals surface area contributed by atoms with Crippen molar-refractivity contribution < 1.29 is 18.6 Å². The van der Waals surface area contributed by atoms with E-state index in [9.17, 15) is 4.39 Å². The number of methoxy groups -OCH3 is 3. The fraction of sp³-hybridized carbons (Fsp3) is 0.200. The normalized spacial score (nSPS) is 14.4. The van der Waals surface area contributed by atoms with Gasteiger partial charge in [-0.05, 0) is 59.5 Å². The molecule has 3 rings (SSSR count). The van der Waals surface area contributed by atoms with Crippen LogP contribution in [0.4, 0.5) is 4.39 Å². The van der Waals surface area contributed by atoms with Gasteiger partial charge in [0.1, 0.15) is 5.82 Å². The van der Waals surface area contributed by atoms with Crippen molar-refractivity contribution in [3.8, 4) is 17.2 Å². The molecule has 2 aromatic carbocycles. The van der Waals surface area contributed by atoms with E-state index >= 15 is 0 Å². The van der Waals surface area contributed by atoms with E-state index in [1.807, 2.05) is 31.2 Å². The van der Waals surface area contributed by atoms with Gasteiger partial charge in [-0.3, -0.25) is 0 Å². The molecule has 0 spiro atoms. The summed E-state index contributed by atoms with van der Waals surface area (Å²) in [6.07, 6.45) is 4.01. The Bertz CT molecular complexity index is 850. The van der Waals surface area contributed by atoms with Crippen LogP contribution in [-0.2, 0) is 0 Å². The lowest BCUT2D eigenvalue weighted by Crippen LogP contribution is -1.97. The highest BCUT2D eigenvalue weighted by atomic mass is 19.1. The van der Waals surface area contributed by atoms with E-state index in [2.05, 4.69) is 0 Å². The third kappa shape index (κ3) is 2.64. The minimum atomic E-state index is -0.234. The van der Waals surface area contributed by atoms with E-state index in [4.69, 9.17) is 14.2 Å². The van der Waals surface area contributed by atoms with E-state index in [-0.39, 0.29) is 5.82 Å². The molecule has 0 fully saturated rings. The Balaban J connectivity index is 2.15. The molecule has 3 nitrogen and oxygen atoms in total. The van der Waals surface area contributed by atoms with Crippen molar-refractivity contribution in [2.45, 2.75) is 6.92 Å². The summed E-state index contributed by atoms with van der Waals surface area (Å²) in [6.45, 7) is 2.01. The minimum absolute atomic E-state index is 0.234. The first-order chi connectivity index (χ1) is 11.6. The molecule has 0 N–H and O–H groups in total. The van der Waals surface area contributed by atoms with Gasteiger partial charge in [-0.1, -0.05) is 12.1 Å². The maximum atomic E-state index is 13.4. The van der Waals surface area contributed by atoms with Gasteiger partial charge in [-0.25, -0.2) is 4.39 Å². The van der Waals surface area contributed by atoms with Gasteiger partial charge in [0, 0.05) is 5.56 Å². The molecular weight excluding hydrogens is 307 g/mol. The monoisotopic (exact) mass is 326 g/mol. The average molecular weight is 326 g/mol. The predicted molar refractivity (Wildman–Crippen MR) is 94.0 cm³/mol. The highest BCUT2D eigenvalue weighted by Crippen LogP contribution is 2.43. The first-order valence-corrected chi connectivity index (χ1v) is 7.58. The predicted octanol–water partition coefficient (Wildman–Crippen LogP) is 4.81. The van der Waals surface area contributed by atoms with E-state index < -0.39 is 0 Å². The molecule has 0 atom stereocenters. The topological polar surface area (TPSA) is 27.7 Å². The number of hydrogen-bond acceptors (Lipinski definition) is 3. The van der Waals surface area contributed by atoms with Crippen LogP contribution in [0.1, 0.15) is 23.6 Å². The molecule has 24 heavy (non-hydrogen) atoms. The third-order valence-electron chi connectivity index (χ3n) is 4.14. The number of hydrogen-bond donors (Lipinski definition) is 0. The Morgan fingerprint density at radius 2 is 1.67 bits per heavy atom. The fourth-order valence-corrected chi connectivity index (χ4v) is 3.01. The van der Waals surface area contributed by atoms with Crippen molar-refractivity contribution in [1.29, 1.82) is 0 Å². The number of rotatable bonds is 4. The first-order valence-electron chi connectivity index (χ1n) is 7.58. The van der Waals surface area contributed by atoms with Gasteiger partial charge in [-0.15, -0.1) is 0 Å². The molecule has 4 heteroatoms. The summed E-state index contributed by atoms with van der Waals surface area (Å²) in [6, 6.07) is 8.59. The summed E-state index contributed by atoms with van der Waals surface area (Å²) >= 11 is 0. The summed E-state index contributed by atoms with van der Waals surface area (Å²) in [4.78, 5) is 0. The second-order valence-electron chi connectivity index (χ2n) is 5.54. The summed E-state index contributed by atoms with van der Waals surface area (Å²) < 4.78 is 29.7. The van der Waals surface area contributed by atoms with Crippen LogP contribution in [0.3, 0.4) is 0 Å². The van der Waals surface area contributed by atoms with Crippen LogP contribution >= 0.6 is 0 Å². The number of halogens is 1. The smallest absolute Gasteiger partial charge is 0.203 e. The molecule has 0 heterocycles. The van der Waals surface area contributed by atoms with Crippen molar-refractivity contribution >= 4 is 17.7 Å². The molecule has 0 amide bonds. The molecule has 2 aromatic rings.